The van der Waals surface area contributed by atoms with Crippen LogP contribution in [0.25, 0.3) is 0 Å². The highest BCUT2D eigenvalue weighted by atomic mass is 127. The summed E-state index contributed by atoms with van der Waals surface area (Å²) in [6.45, 7) is 2.63. The van der Waals surface area contributed by atoms with Crippen LogP contribution >= 0.6 is 34.2 Å². The van der Waals surface area contributed by atoms with E-state index in [2.05, 4.69) is 37.9 Å². The number of benzene rings is 1. The van der Waals surface area contributed by atoms with Crippen molar-refractivity contribution in [2.75, 3.05) is 5.32 Å². The van der Waals surface area contributed by atoms with Gasteiger partial charge in [-0.2, -0.15) is 0 Å². The first-order valence-corrected chi connectivity index (χ1v) is 6.30. The average molecular weight is 348 g/mol. The lowest BCUT2D eigenvalue weighted by atomic mass is 10.3. The van der Waals surface area contributed by atoms with Gasteiger partial charge in [-0.25, -0.2) is 4.98 Å². The lowest BCUT2D eigenvalue weighted by Gasteiger charge is -2.07. The first-order chi connectivity index (χ1) is 7.65. The second-order valence-corrected chi connectivity index (χ2v) is 5.12. The zero-order chi connectivity index (χ0) is 11.5. The Balaban J connectivity index is 2.04. The van der Waals surface area contributed by atoms with Crippen molar-refractivity contribution in [2.24, 2.45) is 0 Å². The van der Waals surface area contributed by atoms with Gasteiger partial charge in [-0.3, -0.25) is 0 Å². The fourth-order valence-corrected chi connectivity index (χ4v) is 2.31. The standard InChI is InChI=1S/C11H11ClIN3/c1-7-14-5-9(16-7)6-15-11-3-2-8(13)4-10(11)12/h2-5,15H,6H2,1H3,(H,14,16). The minimum atomic E-state index is 0.696. The Morgan fingerprint density at radius 1 is 1.50 bits per heavy atom. The number of H-pyrrole nitrogens is 1. The Kier molecular flexibility index (Phi) is 3.70. The number of aromatic amines is 1. The smallest absolute Gasteiger partial charge is 0.103 e. The molecular weight excluding hydrogens is 336 g/mol. The Hall–Kier alpha value is -0.750. The van der Waals surface area contributed by atoms with Crippen LogP contribution in [0.4, 0.5) is 5.69 Å². The van der Waals surface area contributed by atoms with E-state index in [1.54, 1.807) is 0 Å². The molecule has 2 aromatic rings. The number of anilines is 1. The molecule has 1 aromatic carbocycles. The predicted molar refractivity (Wildman–Crippen MR) is 74.8 cm³/mol. The summed E-state index contributed by atoms with van der Waals surface area (Å²) in [6.07, 6.45) is 1.82. The minimum Gasteiger partial charge on any atom is -0.378 e. The third-order valence-corrected chi connectivity index (χ3v) is 3.14. The number of imidazole rings is 1. The van der Waals surface area contributed by atoms with Gasteiger partial charge in [0.1, 0.15) is 5.82 Å². The quantitative estimate of drug-likeness (QED) is 0.833. The number of hydrogen-bond acceptors (Lipinski definition) is 2. The molecule has 0 spiro atoms. The van der Waals surface area contributed by atoms with Crippen LogP contribution < -0.4 is 5.32 Å². The molecule has 0 amide bonds. The van der Waals surface area contributed by atoms with Crippen molar-refractivity contribution in [1.29, 1.82) is 0 Å². The van der Waals surface area contributed by atoms with E-state index in [9.17, 15) is 0 Å². The van der Waals surface area contributed by atoms with Crippen LogP contribution in [0.15, 0.2) is 24.4 Å². The molecule has 0 radical (unpaired) electrons. The summed E-state index contributed by atoms with van der Waals surface area (Å²) in [5, 5.41) is 4.00. The van der Waals surface area contributed by atoms with Gasteiger partial charge in [0.25, 0.3) is 0 Å². The second-order valence-electron chi connectivity index (χ2n) is 3.47. The van der Waals surface area contributed by atoms with Crippen LogP contribution in [0.5, 0.6) is 0 Å². The van der Waals surface area contributed by atoms with Crippen LogP contribution in [0, 0.1) is 10.5 Å². The number of aryl methyl sites for hydroxylation is 1. The highest BCUT2D eigenvalue weighted by molar-refractivity contribution is 14.1. The number of rotatable bonds is 3. The van der Waals surface area contributed by atoms with E-state index in [4.69, 9.17) is 11.6 Å². The van der Waals surface area contributed by atoms with Gasteiger partial charge in [0.2, 0.25) is 0 Å². The number of nitrogens with one attached hydrogen (secondary N) is 2. The van der Waals surface area contributed by atoms with E-state index in [1.165, 1.54) is 0 Å². The molecule has 2 rings (SSSR count). The Morgan fingerprint density at radius 3 is 2.94 bits per heavy atom. The highest BCUT2D eigenvalue weighted by Gasteiger charge is 2.01. The van der Waals surface area contributed by atoms with Crippen LogP contribution in [0.1, 0.15) is 11.5 Å². The molecule has 84 valence electrons. The van der Waals surface area contributed by atoms with Gasteiger partial charge in [0.15, 0.2) is 0 Å². The van der Waals surface area contributed by atoms with Crippen molar-refractivity contribution in [2.45, 2.75) is 13.5 Å². The lowest BCUT2D eigenvalue weighted by Crippen LogP contribution is -2.00. The van der Waals surface area contributed by atoms with Gasteiger partial charge in [-0.05, 0) is 47.7 Å². The van der Waals surface area contributed by atoms with E-state index >= 15 is 0 Å². The summed E-state index contributed by atoms with van der Waals surface area (Å²) >= 11 is 8.34. The maximum Gasteiger partial charge on any atom is 0.103 e. The normalized spacial score (nSPS) is 10.4. The second kappa shape index (κ2) is 5.05. The van der Waals surface area contributed by atoms with Crippen molar-refractivity contribution >= 4 is 39.9 Å². The third kappa shape index (κ3) is 2.89. The molecule has 0 atom stereocenters. The number of aromatic nitrogens is 2. The van der Waals surface area contributed by atoms with Crippen LogP contribution in [-0.4, -0.2) is 9.97 Å². The molecular formula is C11H11ClIN3. The molecule has 1 aromatic heterocycles. The molecule has 0 bridgehead atoms. The molecule has 0 aliphatic carbocycles. The van der Waals surface area contributed by atoms with Crippen molar-refractivity contribution in [3.63, 3.8) is 0 Å². The molecule has 2 N–H and O–H groups in total. The Labute approximate surface area is 113 Å². The average Bonchev–Trinajstić information content (AvgIpc) is 2.63. The zero-order valence-corrected chi connectivity index (χ0v) is 11.6. The Bertz CT molecular complexity index is 496. The van der Waals surface area contributed by atoms with Crippen LogP contribution in [-0.2, 0) is 6.54 Å². The van der Waals surface area contributed by atoms with Gasteiger partial charge in [0.05, 0.1) is 29.1 Å². The summed E-state index contributed by atoms with van der Waals surface area (Å²) in [7, 11) is 0. The molecule has 16 heavy (non-hydrogen) atoms. The summed E-state index contributed by atoms with van der Waals surface area (Å²) in [4.78, 5) is 7.29. The minimum absolute atomic E-state index is 0.696. The van der Waals surface area contributed by atoms with Crippen molar-refractivity contribution in [3.05, 3.63) is 44.5 Å². The predicted octanol–water partition coefficient (Wildman–Crippen LogP) is 3.59. The maximum absolute atomic E-state index is 6.11. The molecule has 0 fully saturated rings. The van der Waals surface area contributed by atoms with Gasteiger partial charge in [-0.15, -0.1) is 0 Å². The highest BCUT2D eigenvalue weighted by Crippen LogP contribution is 2.24. The Morgan fingerprint density at radius 2 is 2.31 bits per heavy atom. The summed E-state index contributed by atoms with van der Waals surface area (Å²) in [5.74, 6) is 0.922. The van der Waals surface area contributed by atoms with Crippen LogP contribution in [0.3, 0.4) is 0 Å². The van der Waals surface area contributed by atoms with Crippen molar-refractivity contribution < 1.29 is 0 Å². The molecule has 0 aliphatic rings. The maximum atomic E-state index is 6.11. The summed E-state index contributed by atoms with van der Waals surface area (Å²) in [6, 6.07) is 5.93. The largest absolute Gasteiger partial charge is 0.378 e. The summed E-state index contributed by atoms with van der Waals surface area (Å²) in [5.41, 5.74) is 1.99. The van der Waals surface area contributed by atoms with Crippen LogP contribution in [0.2, 0.25) is 5.02 Å². The lowest BCUT2D eigenvalue weighted by molar-refractivity contribution is 1.05. The molecule has 3 nitrogen and oxygen atoms in total. The van der Waals surface area contributed by atoms with Gasteiger partial charge in [0, 0.05) is 3.57 Å². The number of hydrogen-bond donors (Lipinski definition) is 2. The first-order valence-electron chi connectivity index (χ1n) is 4.84. The molecule has 0 unspecified atom stereocenters. The number of halogens is 2. The van der Waals surface area contributed by atoms with Gasteiger partial charge < -0.3 is 10.3 Å². The first kappa shape index (κ1) is 11.7. The molecule has 0 saturated heterocycles. The van der Waals surface area contributed by atoms with Gasteiger partial charge in [-0.1, -0.05) is 11.6 Å². The van der Waals surface area contributed by atoms with E-state index in [0.29, 0.717) is 6.54 Å². The molecule has 0 aliphatic heterocycles. The number of nitrogens with zero attached hydrogens (tertiary/aromatic N) is 1. The zero-order valence-electron chi connectivity index (χ0n) is 8.72. The van der Waals surface area contributed by atoms with Gasteiger partial charge >= 0.3 is 0 Å². The summed E-state index contributed by atoms with van der Waals surface area (Å²) < 4.78 is 1.13. The van der Waals surface area contributed by atoms with Crippen molar-refractivity contribution in [1.82, 2.24) is 9.97 Å². The topological polar surface area (TPSA) is 40.7 Å². The van der Waals surface area contributed by atoms with E-state index in [1.807, 2.05) is 31.3 Å². The monoisotopic (exact) mass is 347 g/mol. The molecule has 5 heteroatoms. The fourth-order valence-electron chi connectivity index (χ4n) is 1.38. The van der Waals surface area contributed by atoms with E-state index < -0.39 is 0 Å². The van der Waals surface area contributed by atoms with E-state index in [-0.39, 0.29) is 0 Å². The van der Waals surface area contributed by atoms with E-state index in [0.717, 1.165) is 25.8 Å². The SMILES string of the molecule is Cc1ncc(CNc2ccc(I)cc2Cl)[nH]1. The fraction of sp³-hybridized carbons (Fsp3) is 0.182. The molecule has 1 heterocycles. The van der Waals surface area contributed by atoms with Crippen molar-refractivity contribution in [3.8, 4) is 0 Å². The molecule has 0 saturated carbocycles. The third-order valence-electron chi connectivity index (χ3n) is 2.16.